The molecule has 0 amide bonds. The van der Waals surface area contributed by atoms with Gasteiger partial charge in [-0.15, -0.1) is 0 Å². The second-order valence-electron chi connectivity index (χ2n) is 5.27. The van der Waals surface area contributed by atoms with Gasteiger partial charge in [-0.1, -0.05) is 24.3 Å². The second-order valence-corrected chi connectivity index (χ2v) is 5.64. The van der Waals surface area contributed by atoms with Crippen molar-refractivity contribution in [3.8, 4) is 5.75 Å². The first-order valence-electron chi connectivity index (χ1n) is 7.70. The summed E-state index contributed by atoms with van der Waals surface area (Å²) in [5.41, 5.74) is 3.96. The summed E-state index contributed by atoms with van der Waals surface area (Å²) >= 11 is 5.04. The molecule has 1 aliphatic heterocycles. The van der Waals surface area contributed by atoms with E-state index in [2.05, 4.69) is 10.5 Å². The van der Waals surface area contributed by atoms with Crippen molar-refractivity contribution in [2.24, 2.45) is 10.9 Å². The SMILES string of the molecule is COc1ccc(=C2NN=C([S-])N2N)c(=C2C=CC=C2)c1.[Fe+2].c1cc[cH-]c1. The van der Waals surface area contributed by atoms with E-state index in [-0.39, 0.29) is 17.1 Å². The number of methoxy groups -OCH3 is 1. The minimum atomic E-state index is 0. The minimum Gasteiger partial charge on any atom is -0.739 e. The molecule has 134 valence electrons. The van der Waals surface area contributed by atoms with E-state index in [4.69, 9.17) is 23.2 Å². The summed E-state index contributed by atoms with van der Waals surface area (Å²) in [7, 11) is 1.64. The molecule has 26 heavy (non-hydrogen) atoms. The average Bonchev–Trinajstić information content (AvgIpc) is 3.40. The zero-order valence-electron chi connectivity index (χ0n) is 14.1. The zero-order valence-corrected chi connectivity index (χ0v) is 16.0. The van der Waals surface area contributed by atoms with E-state index in [0.29, 0.717) is 11.0 Å². The normalized spacial score (nSPS) is 16.5. The number of allylic oxidation sites excluding steroid dienone is 4. The Balaban J connectivity index is 0.000000351. The van der Waals surface area contributed by atoms with Crippen LogP contribution in [0.1, 0.15) is 0 Å². The Bertz CT molecular complexity index is 917. The van der Waals surface area contributed by atoms with Crippen LogP contribution in [0.4, 0.5) is 0 Å². The molecule has 2 aromatic carbocycles. The molecular weight excluding hydrogens is 388 g/mol. The Labute approximate surface area is 168 Å². The van der Waals surface area contributed by atoms with E-state index in [0.717, 1.165) is 21.8 Å². The van der Waals surface area contributed by atoms with Crippen LogP contribution in [-0.2, 0) is 29.7 Å². The van der Waals surface area contributed by atoms with Crippen LogP contribution in [0.3, 0.4) is 0 Å². The van der Waals surface area contributed by atoms with E-state index in [1.54, 1.807) is 7.11 Å². The zero-order chi connectivity index (χ0) is 17.6. The minimum absolute atomic E-state index is 0. The molecule has 2 aliphatic rings. The standard InChI is InChI=1S/C14H14N4OS.C5H5.Fe/c1-19-10-6-7-11(13-16-17-14(20)18(13)15)12(8-10)9-4-2-3-5-9;1-2-4-5-3-1;/h2-8,16H,15H2,1H3,(H,17,20);1-5H;/q;-1;+2/p-1. The van der Waals surface area contributed by atoms with Gasteiger partial charge in [0.05, 0.1) is 7.11 Å². The average molecular weight is 406 g/mol. The summed E-state index contributed by atoms with van der Waals surface area (Å²) in [4.78, 5) is 0. The summed E-state index contributed by atoms with van der Waals surface area (Å²) < 4.78 is 5.29. The van der Waals surface area contributed by atoms with Crippen LogP contribution in [0.5, 0.6) is 5.75 Å². The van der Waals surface area contributed by atoms with Crippen molar-refractivity contribution in [2.45, 2.75) is 0 Å². The van der Waals surface area contributed by atoms with Gasteiger partial charge in [0, 0.05) is 10.4 Å². The van der Waals surface area contributed by atoms with Gasteiger partial charge in [0.25, 0.3) is 0 Å². The third kappa shape index (κ3) is 4.39. The summed E-state index contributed by atoms with van der Waals surface area (Å²) in [5.74, 6) is 7.36. The van der Waals surface area contributed by atoms with E-state index in [9.17, 15) is 0 Å². The van der Waals surface area contributed by atoms with Crippen molar-refractivity contribution in [1.29, 1.82) is 0 Å². The van der Waals surface area contributed by atoms with E-state index in [1.807, 2.05) is 72.8 Å². The summed E-state index contributed by atoms with van der Waals surface area (Å²) in [5, 5.41) is 7.55. The number of nitrogens with one attached hydrogen (secondary N) is 1. The van der Waals surface area contributed by atoms with Crippen LogP contribution in [0.25, 0.3) is 11.4 Å². The third-order valence-electron chi connectivity index (χ3n) is 3.72. The van der Waals surface area contributed by atoms with Gasteiger partial charge in [-0.2, -0.15) is 23.3 Å². The number of nitrogens with two attached hydrogens (primary N) is 1. The van der Waals surface area contributed by atoms with Crippen molar-refractivity contribution in [1.82, 2.24) is 10.4 Å². The third-order valence-corrected chi connectivity index (χ3v) is 4.00. The van der Waals surface area contributed by atoms with Crippen LogP contribution in [0.15, 0.2) is 77.9 Å². The van der Waals surface area contributed by atoms with Gasteiger partial charge in [-0.25, -0.2) is 18.0 Å². The molecule has 2 aromatic rings. The second kappa shape index (κ2) is 9.31. The Hall–Kier alpha value is -2.44. The number of nitrogens with zero attached hydrogens (tertiary/aromatic N) is 2. The molecule has 0 fully saturated rings. The molecule has 0 atom stereocenters. The maximum atomic E-state index is 5.91. The first-order chi connectivity index (χ1) is 12.2. The van der Waals surface area contributed by atoms with E-state index in [1.165, 1.54) is 5.01 Å². The molecule has 0 unspecified atom stereocenters. The largest absolute Gasteiger partial charge is 2.00 e. The predicted octanol–water partition coefficient (Wildman–Crippen LogP) is 1.04. The molecule has 0 spiro atoms. The predicted molar refractivity (Wildman–Crippen MR) is 103 cm³/mol. The summed E-state index contributed by atoms with van der Waals surface area (Å²) in [6.45, 7) is 0. The van der Waals surface area contributed by atoms with Crippen molar-refractivity contribution in [3.63, 3.8) is 0 Å². The van der Waals surface area contributed by atoms with Gasteiger partial charge in [0.2, 0.25) is 0 Å². The van der Waals surface area contributed by atoms with E-state index < -0.39 is 0 Å². The molecule has 0 bridgehead atoms. The molecule has 1 aliphatic carbocycles. The number of hydrogen-bond acceptors (Lipinski definition) is 6. The Morgan fingerprint density at radius 1 is 1.15 bits per heavy atom. The first-order valence-corrected chi connectivity index (χ1v) is 8.11. The Morgan fingerprint density at radius 3 is 2.35 bits per heavy atom. The maximum Gasteiger partial charge on any atom is 2.00 e. The Kier molecular flexibility index (Phi) is 7.12. The number of hydrazine groups is 1. The van der Waals surface area contributed by atoms with Gasteiger partial charge in [-0.05, 0) is 29.0 Å². The number of hydrazone groups is 1. The van der Waals surface area contributed by atoms with Gasteiger partial charge >= 0.3 is 17.1 Å². The van der Waals surface area contributed by atoms with Crippen molar-refractivity contribution < 1.29 is 21.8 Å². The smallest absolute Gasteiger partial charge is 0.739 e. The van der Waals surface area contributed by atoms with Gasteiger partial charge in [0.1, 0.15) is 11.6 Å². The molecule has 0 saturated heterocycles. The fourth-order valence-corrected chi connectivity index (χ4v) is 2.60. The molecule has 3 N–H and O–H groups in total. The molecule has 0 saturated carbocycles. The molecule has 0 aromatic heterocycles. The van der Waals surface area contributed by atoms with E-state index >= 15 is 0 Å². The van der Waals surface area contributed by atoms with Crippen LogP contribution in [-0.4, -0.2) is 17.3 Å². The van der Waals surface area contributed by atoms with Crippen molar-refractivity contribution >= 4 is 29.2 Å². The monoisotopic (exact) mass is 406 g/mol. The van der Waals surface area contributed by atoms with Gasteiger partial charge < -0.3 is 17.4 Å². The number of ether oxygens (including phenoxy) is 1. The van der Waals surface area contributed by atoms with Gasteiger partial charge in [-0.3, -0.25) is 10.4 Å². The first kappa shape index (κ1) is 19.9. The number of hydrogen-bond donors (Lipinski definition) is 2. The number of rotatable bonds is 1. The molecule has 1 heterocycles. The Morgan fingerprint density at radius 2 is 1.85 bits per heavy atom. The van der Waals surface area contributed by atoms with Crippen LogP contribution >= 0.6 is 0 Å². The fraction of sp³-hybridized carbons (Fsp3) is 0.0526. The molecule has 7 heteroatoms. The van der Waals surface area contributed by atoms with Crippen LogP contribution in [0.2, 0.25) is 0 Å². The molecule has 4 rings (SSSR count). The molecular formula is C19H18FeN4OS. The van der Waals surface area contributed by atoms with Crippen LogP contribution < -0.4 is 26.4 Å². The van der Waals surface area contributed by atoms with Crippen molar-refractivity contribution in [3.05, 3.63) is 83.3 Å². The number of amidine groups is 1. The van der Waals surface area contributed by atoms with Crippen LogP contribution in [0, 0.1) is 0 Å². The topological polar surface area (TPSA) is 62.9 Å². The molecule has 0 radical (unpaired) electrons. The van der Waals surface area contributed by atoms with Crippen molar-refractivity contribution in [2.75, 3.05) is 7.11 Å². The summed E-state index contributed by atoms with van der Waals surface area (Å²) in [6.07, 6.45) is 8.04. The quantitative estimate of drug-likeness (QED) is 0.321. The molecule has 5 nitrogen and oxygen atoms in total. The fourth-order valence-electron chi connectivity index (χ4n) is 2.46. The van der Waals surface area contributed by atoms with Gasteiger partial charge in [0.15, 0.2) is 0 Å². The summed E-state index contributed by atoms with van der Waals surface area (Å²) in [6, 6.07) is 15.8. The maximum absolute atomic E-state index is 5.91. The number of benzene rings is 1.